The number of benzene rings is 1. The molecule has 3 aromatic heterocycles. The first-order chi connectivity index (χ1) is 12.7. The average Bonchev–Trinajstić information content (AvgIpc) is 3.14. The van der Waals surface area contributed by atoms with E-state index in [0.29, 0.717) is 23.0 Å². The summed E-state index contributed by atoms with van der Waals surface area (Å²) in [5.41, 5.74) is 2.18. The van der Waals surface area contributed by atoms with Gasteiger partial charge in [-0.1, -0.05) is 6.07 Å². The average molecular weight is 348 g/mol. The molecular formula is C20H16N2O4. The molecule has 0 aliphatic heterocycles. The van der Waals surface area contributed by atoms with Crippen LogP contribution in [0.3, 0.4) is 0 Å². The van der Waals surface area contributed by atoms with Crippen molar-refractivity contribution in [3.8, 4) is 28.6 Å². The van der Waals surface area contributed by atoms with E-state index in [1.165, 1.54) is 6.07 Å². The maximum Gasteiger partial charge on any atom is 0.250 e. The van der Waals surface area contributed by atoms with Crippen molar-refractivity contribution in [2.24, 2.45) is 7.05 Å². The number of aromatic nitrogens is 2. The molecule has 0 fully saturated rings. The highest BCUT2D eigenvalue weighted by molar-refractivity contribution is 5.82. The second kappa shape index (κ2) is 6.40. The molecule has 0 amide bonds. The Hall–Kier alpha value is -3.54. The lowest BCUT2D eigenvalue weighted by Gasteiger charge is -2.14. The van der Waals surface area contributed by atoms with Gasteiger partial charge in [-0.25, -0.2) is 4.98 Å². The quantitative estimate of drug-likeness (QED) is 0.558. The van der Waals surface area contributed by atoms with Crippen LogP contribution in [0.4, 0.5) is 0 Å². The molecule has 0 radical (unpaired) electrons. The molecule has 0 aliphatic rings. The summed E-state index contributed by atoms with van der Waals surface area (Å²) in [5, 5.41) is 0.793. The van der Waals surface area contributed by atoms with Crippen LogP contribution in [0.1, 0.15) is 0 Å². The lowest BCUT2D eigenvalue weighted by molar-refractivity contribution is 0.409. The minimum atomic E-state index is -0.0827. The number of hydrogen-bond donors (Lipinski definition) is 0. The van der Waals surface area contributed by atoms with Crippen LogP contribution in [0, 0.1) is 0 Å². The van der Waals surface area contributed by atoms with Gasteiger partial charge in [-0.3, -0.25) is 4.79 Å². The summed E-state index contributed by atoms with van der Waals surface area (Å²) in [4.78, 5) is 16.2. The normalized spacial score (nSPS) is 10.8. The van der Waals surface area contributed by atoms with E-state index in [4.69, 9.17) is 13.9 Å². The van der Waals surface area contributed by atoms with Crippen molar-refractivity contribution in [3.05, 3.63) is 71.3 Å². The molecule has 4 rings (SSSR count). The molecule has 26 heavy (non-hydrogen) atoms. The molecule has 3 heterocycles. The van der Waals surface area contributed by atoms with Gasteiger partial charge < -0.3 is 18.5 Å². The van der Waals surface area contributed by atoms with Gasteiger partial charge in [0, 0.05) is 30.9 Å². The van der Waals surface area contributed by atoms with Gasteiger partial charge in [0.1, 0.15) is 17.1 Å². The standard InChI is InChI=1S/C20H16N2O4/c1-22-16(4-3-5-19(22)23)14-7-6-13(12-18(14)24-2)26-20-15-9-11-25-17(15)8-10-21-20/h3-12H,1-2H3. The van der Waals surface area contributed by atoms with Gasteiger partial charge in [0.05, 0.1) is 24.5 Å². The summed E-state index contributed by atoms with van der Waals surface area (Å²) in [7, 11) is 3.31. The Morgan fingerprint density at radius 1 is 1.12 bits per heavy atom. The fourth-order valence-corrected chi connectivity index (χ4v) is 2.84. The van der Waals surface area contributed by atoms with Crippen molar-refractivity contribution in [3.63, 3.8) is 0 Å². The molecule has 6 nitrogen and oxygen atoms in total. The number of fused-ring (bicyclic) bond motifs is 1. The lowest BCUT2D eigenvalue weighted by atomic mass is 10.1. The molecule has 1 aromatic carbocycles. The number of methoxy groups -OCH3 is 1. The lowest BCUT2D eigenvalue weighted by Crippen LogP contribution is -2.16. The third-order valence-electron chi connectivity index (χ3n) is 4.19. The Labute approximate surface area is 149 Å². The van der Waals surface area contributed by atoms with Crippen molar-refractivity contribution in [1.29, 1.82) is 0 Å². The van der Waals surface area contributed by atoms with Gasteiger partial charge >= 0.3 is 0 Å². The topological polar surface area (TPSA) is 66.5 Å². The van der Waals surface area contributed by atoms with E-state index in [-0.39, 0.29) is 5.56 Å². The van der Waals surface area contributed by atoms with Crippen LogP contribution in [-0.2, 0) is 7.05 Å². The van der Waals surface area contributed by atoms with Crippen molar-refractivity contribution < 1.29 is 13.9 Å². The molecule has 0 atom stereocenters. The predicted octanol–water partition coefficient (Wildman–Crippen LogP) is 3.99. The van der Waals surface area contributed by atoms with E-state index in [9.17, 15) is 4.79 Å². The number of hydrogen-bond acceptors (Lipinski definition) is 5. The fourth-order valence-electron chi connectivity index (χ4n) is 2.84. The molecule has 130 valence electrons. The second-order valence-corrected chi connectivity index (χ2v) is 5.72. The highest BCUT2D eigenvalue weighted by Crippen LogP contribution is 2.35. The molecule has 6 heteroatoms. The third kappa shape index (κ3) is 2.71. The van der Waals surface area contributed by atoms with Crippen molar-refractivity contribution in [2.75, 3.05) is 7.11 Å². The number of rotatable bonds is 4. The van der Waals surface area contributed by atoms with E-state index >= 15 is 0 Å². The molecular weight excluding hydrogens is 332 g/mol. The Bertz CT molecular complexity index is 1140. The van der Waals surface area contributed by atoms with E-state index in [0.717, 1.165) is 16.6 Å². The Morgan fingerprint density at radius 3 is 2.85 bits per heavy atom. The maximum absolute atomic E-state index is 11.9. The Kier molecular flexibility index (Phi) is 3.93. The number of pyridine rings is 2. The highest BCUT2D eigenvalue weighted by atomic mass is 16.5. The van der Waals surface area contributed by atoms with Crippen LogP contribution >= 0.6 is 0 Å². The number of ether oxygens (including phenoxy) is 2. The van der Waals surface area contributed by atoms with Crippen LogP contribution < -0.4 is 15.0 Å². The number of nitrogens with zero attached hydrogens (tertiary/aromatic N) is 2. The molecule has 0 saturated carbocycles. The van der Waals surface area contributed by atoms with E-state index in [1.807, 2.05) is 24.3 Å². The second-order valence-electron chi connectivity index (χ2n) is 5.72. The smallest absolute Gasteiger partial charge is 0.250 e. The molecule has 0 bridgehead atoms. The zero-order valence-electron chi connectivity index (χ0n) is 14.3. The summed E-state index contributed by atoms with van der Waals surface area (Å²) in [6.07, 6.45) is 3.23. The first-order valence-electron chi connectivity index (χ1n) is 8.02. The summed E-state index contributed by atoms with van der Waals surface area (Å²) in [5.74, 6) is 1.63. The minimum Gasteiger partial charge on any atom is -0.496 e. The number of furan rings is 1. The Balaban J connectivity index is 1.75. The molecule has 4 aromatic rings. The van der Waals surface area contributed by atoms with Gasteiger partial charge in [0.25, 0.3) is 5.56 Å². The van der Waals surface area contributed by atoms with Crippen LogP contribution in [-0.4, -0.2) is 16.7 Å². The molecule has 0 saturated heterocycles. The molecule has 0 N–H and O–H groups in total. The van der Waals surface area contributed by atoms with Crippen LogP contribution in [0.2, 0.25) is 0 Å². The SMILES string of the molecule is COc1cc(Oc2nccc3occc23)ccc1-c1cccc(=O)n1C. The Morgan fingerprint density at radius 2 is 2.00 bits per heavy atom. The highest BCUT2D eigenvalue weighted by Gasteiger charge is 2.13. The van der Waals surface area contributed by atoms with Crippen molar-refractivity contribution in [2.45, 2.75) is 0 Å². The third-order valence-corrected chi connectivity index (χ3v) is 4.19. The van der Waals surface area contributed by atoms with E-state index in [2.05, 4.69) is 4.98 Å². The van der Waals surface area contributed by atoms with Crippen LogP contribution in [0.25, 0.3) is 22.2 Å². The molecule has 0 aliphatic carbocycles. The summed E-state index contributed by atoms with van der Waals surface area (Å²) in [6.45, 7) is 0. The largest absolute Gasteiger partial charge is 0.496 e. The molecule has 0 spiro atoms. The summed E-state index contributed by atoms with van der Waals surface area (Å²) >= 11 is 0. The van der Waals surface area contributed by atoms with Gasteiger partial charge in [0.15, 0.2) is 0 Å². The van der Waals surface area contributed by atoms with Crippen molar-refractivity contribution in [1.82, 2.24) is 9.55 Å². The minimum absolute atomic E-state index is 0.0827. The van der Waals surface area contributed by atoms with E-state index < -0.39 is 0 Å². The zero-order valence-corrected chi connectivity index (χ0v) is 14.3. The summed E-state index contributed by atoms with van der Waals surface area (Å²) in [6, 6.07) is 14.1. The first kappa shape index (κ1) is 16.0. The van der Waals surface area contributed by atoms with Crippen LogP contribution in [0.5, 0.6) is 17.4 Å². The van der Waals surface area contributed by atoms with E-state index in [1.54, 1.807) is 49.4 Å². The monoisotopic (exact) mass is 348 g/mol. The molecule has 0 unspecified atom stereocenters. The fraction of sp³-hybridized carbons (Fsp3) is 0.100. The van der Waals surface area contributed by atoms with Crippen LogP contribution in [0.15, 0.2) is 70.2 Å². The van der Waals surface area contributed by atoms with Gasteiger partial charge in [0.2, 0.25) is 5.88 Å². The maximum atomic E-state index is 11.9. The predicted molar refractivity (Wildman–Crippen MR) is 97.8 cm³/mol. The van der Waals surface area contributed by atoms with Gasteiger partial charge in [-0.2, -0.15) is 0 Å². The van der Waals surface area contributed by atoms with Gasteiger partial charge in [-0.15, -0.1) is 0 Å². The zero-order chi connectivity index (χ0) is 18.1. The summed E-state index contributed by atoms with van der Waals surface area (Å²) < 4.78 is 18.4. The first-order valence-corrected chi connectivity index (χ1v) is 8.02. The van der Waals surface area contributed by atoms with Gasteiger partial charge in [-0.05, 0) is 30.3 Å². The van der Waals surface area contributed by atoms with Crippen molar-refractivity contribution >= 4 is 11.0 Å².